The van der Waals surface area contributed by atoms with E-state index in [2.05, 4.69) is 5.32 Å². The Morgan fingerprint density at radius 1 is 1.08 bits per heavy atom. The zero-order valence-corrected chi connectivity index (χ0v) is 14.6. The highest BCUT2D eigenvalue weighted by Crippen LogP contribution is 2.27. The second kappa shape index (κ2) is 7.38. The van der Waals surface area contributed by atoms with Crippen molar-refractivity contribution < 1.29 is 9.59 Å². The molecule has 1 unspecified atom stereocenters. The summed E-state index contributed by atoms with van der Waals surface area (Å²) in [4.78, 5) is 28.9. The predicted octanol–water partition coefficient (Wildman–Crippen LogP) is 2.46. The van der Waals surface area contributed by atoms with Crippen molar-refractivity contribution in [3.05, 3.63) is 65.7 Å². The molecule has 1 heterocycles. The first kappa shape index (κ1) is 17.0. The summed E-state index contributed by atoms with van der Waals surface area (Å²) in [6.07, 6.45) is 0.283. The molecule has 0 saturated carbocycles. The number of nitrogens with one attached hydrogen (secondary N) is 1. The fourth-order valence-electron chi connectivity index (χ4n) is 3.11. The van der Waals surface area contributed by atoms with Gasteiger partial charge >= 0.3 is 0 Å². The number of anilines is 1. The first-order valence-electron chi connectivity index (χ1n) is 8.46. The number of hydrogen-bond donors (Lipinski definition) is 1. The summed E-state index contributed by atoms with van der Waals surface area (Å²) in [6, 6.07) is 17.1. The van der Waals surface area contributed by atoms with Crippen molar-refractivity contribution in [2.24, 2.45) is 0 Å². The van der Waals surface area contributed by atoms with Crippen LogP contribution in [0.5, 0.6) is 0 Å². The Labute approximate surface area is 148 Å². The number of amides is 2. The van der Waals surface area contributed by atoms with Crippen LogP contribution >= 0.6 is 0 Å². The maximum absolute atomic E-state index is 13.1. The van der Waals surface area contributed by atoms with E-state index in [0.717, 1.165) is 11.3 Å². The Hall–Kier alpha value is -2.82. The second-order valence-electron chi connectivity index (χ2n) is 6.42. The van der Waals surface area contributed by atoms with Gasteiger partial charge in [0.05, 0.1) is 12.5 Å². The summed E-state index contributed by atoms with van der Waals surface area (Å²) in [5.41, 5.74) is 2.67. The lowest BCUT2D eigenvalue weighted by atomic mass is 10.0. The molecule has 1 aliphatic heterocycles. The molecule has 0 radical (unpaired) electrons. The third-order valence-electron chi connectivity index (χ3n) is 4.51. The number of benzene rings is 2. The van der Waals surface area contributed by atoms with Crippen LogP contribution in [-0.4, -0.2) is 43.9 Å². The second-order valence-corrected chi connectivity index (χ2v) is 6.42. The van der Waals surface area contributed by atoms with Gasteiger partial charge in [-0.1, -0.05) is 30.3 Å². The smallest absolute Gasteiger partial charge is 0.254 e. The minimum atomic E-state index is -0.246. The van der Waals surface area contributed by atoms with Crippen molar-refractivity contribution in [2.75, 3.05) is 32.1 Å². The molecule has 1 aliphatic rings. The van der Waals surface area contributed by atoms with Gasteiger partial charge < -0.3 is 15.1 Å². The number of hydrogen-bond acceptors (Lipinski definition) is 3. The molecule has 3 rings (SSSR count). The predicted molar refractivity (Wildman–Crippen MR) is 98.6 cm³/mol. The van der Waals surface area contributed by atoms with Gasteiger partial charge in [0, 0.05) is 38.4 Å². The van der Waals surface area contributed by atoms with Crippen LogP contribution in [0.3, 0.4) is 0 Å². The van der Waals surface area contributed by atoms with E-state index < -0.39 is 0 Å². The first-order chi connectivity index (χ1) is 12.1. The lowest BCUT2D eigenvalue weighted by Crippen LogP contribution is -2.36. The highest BCUT2D eigenvalue weighted by Gasteiger charge is 2.30. The SMILES string of the molecule is CN(C)c1ccc(C(=O)N2CCNC(=O)CC2c2ccccc2)cc1. The number of nitrogens with zero attached hydrogens (tertiary/aromatic N) is 2. The van der Waals surface area contributed by atoms with E-state index in [1.807, 2.05) is 73.6 Å². The lowest BCUT2D eigenvalue weighted by Gasteiger charge is -2.29. The molecule has 1 N–H and O–H groups in total. The molecule has 0 bridgehead atoms. The van der Waals surface area contributed by atoms with Crippen molar-refractivity contribution in [1.29, 1.82) is 0 Å². The van der Waals surface area contributed by atoms with Crippen LogP contribution in [0.15, 0.2) is 54.6 Å². The molecule has 1 fully saturated rings. The minimum Gasteiger partial charge on any atom is -0.378 e. The summed E-state index contributed by atoms with van der Waals surface area (Å²) < 4.78 is 0. The van der Waals surface area contributed by atoms with Gasteiger partial charge in [-0.15, -0.1) is 0 Å². The van der Waals surface area contributed by atoms with Gasteiger partial charge in [0.15, 0.2) is 0 Å². The fourth-order valence-corrected chi connectivity index (χ4v) is 3.11. The van der Waals surface area contributed by atoms with E-state index in [1.54, 1.807) is 4.90 Å². The van der Waals surface area contributed by atoms with E-state index >= 15 is 0 Å². The molecule has 130 valence electrons. The average molecular weight is 337 g/mol. The summed E-state index contributed by atoms with van der Waals surface area (Å²) in [5, 5.41) is 2.87. The van der Waals surface area contributed by atoms with Crippen molar-refractivity contribution in [1.82, 2.24) is 10.2 Å². The van der Waals surface area contributed by atoms with Crippen molar-refractivity contribution >= 4 is 17.5 Å². The summed E-state index contributed by atoms with van der Waals surface area (Å²) in [6.45, 7) is 0.975. The zero-order chi connectivity index (χ0) is 17.8. The van der Waals surface area contributed by atoms with Crippen LogP contribution in [0.25, 0.3) is 0 Å². The molecule has 0 aromatic heterocycles. The van der Waals surface area contributed by atoms with Gasteiger partial charge in [0.1, 0.15) is 0 Å². The van der Waals surface area contributed by atoms with Crippen molar-refractivity contribution in [3.8, 4) is 0 Å². The topological polar surface area (TPSA) is 52.7 Å². The Bertz CT molecular complexity index is 741. The molecular formula is C20H23N3O2. The summed E-state index contributed by atoms with van der Waals surface area (Å²) in [5.74, 6) is -0.0669. The molecule has 5 heteroatoms. The molecule has 1 atom stereocenters. The van der Waals surface area contributed by atoms with Gasteiger partial charge in [-0.2, -0.15) is 0 Å². The average Bonchev–Trinajstić information content (AvgIpc) is 2.83. The van der Waals surface area contributed by atoms with Crippen molar-refractivity contribution in [3.63, 3.8) is 0 Å². The van der Waals surface area contributed by atoms with E-state index in [1.165, 1.54) is 0 Å². The van der Waals surface area contributed by atoms with Crippen LogP contribution in [0.1, 0.15) is 28.4 Å². The quantitative estimate of drug-likeness (QED) is 0.936. The molecular weight excluding hydrogens is 314 g/mol. The van der Waals surface area contributed by atoms with Crippen LogP contribution in [-0.2, 0) is 4.79 Å². The minimum absolute atomic E-state index is 0.0212. The molecule has 2 aromatic carbocycles. The van der Waals surface area contributed by atoms with Crippen LogP contribution < -0.4 is 10.2 Å². The summed E-state index contributed by atoms with van der Waals surface area (Å²) >= 11 is 0. The Morgan fingerprint density at radius 3 is 2.40 bits per heavy atom. The molecule has 0 spiro atoms. The van der Waals surface area contributed by atoms with E-state index in [0.29, 0.717) is 18.7 Å². The number of carbonyl (C=O) groups is 2. The Balaban J connectivity index is 1.90. The van der Waals surface area contributed by atoms with E-state index in [-0.39, 0.29) is 24.3 Å². The highest BCUT2D eigenvalue weighted by molar-refractivity contribution is 5.95. The number of carbonyl (C=O) groups excluding carboxylic acids is 2. The van der Waals surface area contributed by atoms with Gasteiger partial charge in [-0.05, 0) is 29.8 Å². The third kappa shape index (κ3) is 3.82. The fraction of sp³-hybridized carbons (Fsp3) is 0.300. The molecule has 0 aliphatic carbocycles. The van der Waals surface area contributed by atoms with E-state index in [4.69, 9.17) is 0 Å². The normalized spacial score (nSPS) is 17.6. The molecule has 2 aromatic rings. The first-order valence-corrected chi connectivity index (χ1v) is 8.46. The molecule has 1 saturated heterocycles. The zero-order valence-electron chi connectivity index (χ0n) is 14.6. The van der Waals surface area contributed by atoms with Gasteiger partial charge in [-0.3, -0.25) is 9.59 Å². The molecule has 5 nitrogen and oxygen atoms in total. The van der Waals surface area contributed by atoms with Crippen molar-refractivity contribution in [2.45, 2.75) is 12.5 Å². The monoisotopic (exact) mass is 337 g/mol. The van der Waals surface area contributed by atoms with E-state index in [9.17, 15) is 9.59 Å². The summed E-state index contributed by atoms with van der Waals surface area (Å²) in [7, 11) is 3.93. The lowest BCUT2D eigenvalue weighted by molar-refractivity contribution is -0.121. The maximum Gasteiger partial charge on any atom is 0.254 e. The van der Waals surface area contributed by atoms with Gasteiger partial charge in [0.25, 0.3) is 5.91 Å². The van der Waals surface area contributed by atoms with Gasteiger partial charge in [-0.25, -0.2) is 0 Å². The molecule has 25 heavy (non-hydrogen) atoms. The Kier molecular flexibility index (Phi) is 5.03. The van der Waals surface area contributed by atoms with Crippen LogP contribution in [0.2, 0.25) is 0 Å². The Morgan fingerprint density at radius 2 is 1.76 bits per heavy atom. The standard InChI is InChI=1S/C20H23N3O2/c1-22(2)17-10-8-16(9-11-17)20(25)23-13-12-21-19(24)14-18(23)15-6-4-3-5-7-15/h3-11,18H,12-14H2,1-2H3,(H,21,24). The highest BCUT2D eigenvalue weighted by atomic mass is 16.2. The largest absolute Gasteiger partial charge is 0.378 e. The number of rotatable bonds is 3. The van der Waals surface area contributed by atoms with Crippen LogP contribution in [0.4, 0.5) is 5.69 Å². The third-order valence-corrected chi connectivity index (χ3v) is 4.51. The molecule has 2 amide bonds. The van der Waals surface area contributed by atoms with Crippen LogP contribution in [0, 0.1) is 0 Å². The maximum atomic E-state index is 13.1. The van der Waals surface area contributed by atoms with Gasteiger partial charge in [0.2, 0.25) is 5.91 Å².